The molecule has 1 amide bonds. The molecule has 1 aromatic carbocycles. The number of likely N-dealkylation sites (tertiary alicyclic amines) is 1. The Morgan fingerprint density at radius 2 is 2.11 bits per heavy atom. The standard InChI is InChI=1S/C20H26N4O3S/c1-15-11-20(17-5-3-4-6-18(17)22-19(20)25)7-8-23(15)13-16-12-21-24(14-16)9-10-28(2,26)27/h3-6,12,14-15H,7-11,13H2,1-2H3,(H,22,25)/t15-,20+/m0/s1. The summed E-state index contributed by atoms with van der Waals surface area (Å²) in [6, 6.07) is 8.26. The molecular weight excluding hydrogens is 376 g/mol. The van der Waals surface area contributed by atoms with E-state index in [1.165, 1.54) is 6.26 Å². The first-order chi connectivity index (χ1) is 13.3. The molecule has 1 saturated heterocycles. The van der Waals surface area contributed by atoms with Gasteiger partial charge in [-0.05, 0) is 31.4 Å². The van der Waals surface area contributed by atoms with Gasteiger partial charge in [-0.25, -0.2) is 8.42 Å². The molecule has 28 heavy (non-hydrogen) atoms. The number of aryl methyl sites for hydroxylation is 1. The molecule has 0 radical (unpaired) electrons. The maximum atomic E-state index is 12.8. The van der Waals surface area contributed by atoms with E-state index >= 15 is 0 Å². The van der Waals surface area contributed by atoms with Gasteiger partial charge in [-0.3, -0.25) is 14.4 Å². The summed E-state index contributed by atoms with van der Waals surface area (Å²) >= 11 is 0. The summed E-state index contributed by atoms with van der Waals surface area (Å²) in [6.07, 6.45) is 6.54. The van der Waals surface area contributed by atoms with Crippen molar-refractivity contribution in [2.75, 3.05) is 23.9 Å². The monoisotopic (exact) mass is 402 g/mol. The lowest BCUT2D eigenvalue weighted by Crippen LogP contribution is -2.50. The second-order valence-corrected chi connectivity index (χ2v) is 10.4. The Bertz CT molecular complexity index is 1000. The van der Waals surface area contributed by atoms with Gasteiger partial charge in [0.15, 0.2) is 0 Å². The summed E-state index contributed by atoms with van der Waals surface area (Å²) in [4.78, 5) is 15.2. The van der Waals surface area contributed by atoms with Crippen molar-refractivity contribution in [2.45, 2.75) is 44.3 Å². The first kappa shape index (κ1) is 19.1. The smallest absolute Gasteiger partial charge is 0.235 e. The second kappa shape index (κ2) is 7.00. The summed E-state index contributed by atoms with van der Waals surface area (Å²) in [5.74, 6) is 0.208. The van der Waals surface area contributed by atoms with E-state index in [9.17, 15) is 13.2 Å². The number of rotatable bonds is 5. The number of fused-ring (bicyclic) bond motifs is 2. The molecule has 0 bridgehead atoms. The van der Waals surface area contributed by atoms with Crippen LogP contribution in [-0.4, -0.2) is 53.6 Å². The third kappa shape index (κ3) is 3.58. The third-order valence-electron chi connectivity index (χ3n) is 5.98. The summed E-state index contributed by atoms with van der Waals surface area (Å²) in [6.45, 7) is 4.12. The van der Waals surface area contributed by atoms with Gasteiger partial charge in [-0.1, -0.05) is 18.2 Å². The normalized spacial score (nSPS) is 25.1. The molecule has 1 N–H and O–H groups in total. The Morgan fingerprint density at radius 3 is 2.86 bits per heavy atom. The quantitative estimate of drug-likeness (QED) is 0.824. The summed E-state index contributed by atoms with van der Waals surface area (Å²) in [7, 11) is -3.00. The molecule has 0 unspecified atom stereocenters. The van der Waals surface area contributed by atoms with E-state index in [2.05, 4.69) is 28.3 Å². The molecule has 1 fully saturated rings. The fourth-order valence-corrected chi connectivity index (χ4v) is 4.97. The fraction of sp³-hybridized carbons (Fsp3) is 0.500. The predicted molar refractivity (Wildman–Crippen MR) is 108 cm³/mol. The van der Waals surface area contributed by atoms with Crippen LogP contribution in [0.4, 0.5) is 5.69 Å². The first-order valence-electron chi connectivity index (χ1n) is 9.61. The highest BCUT2D eigenvalue weighted by molar-refractivity contribution is 7.90. The van der Waals surface area contributed by atoms with Crippen LogP contribution in [0, 0.1) is 0 Å². The van der Waals surface area contributed by atoms with E-state index in [0.717, 1.165) is 42.7 Å². The molecule has 150 valence electrons. The summed E-state index contributed by atoms with van der Waals surface area (Å²) in [5, 5.41) is 7.34. The molecule has 0 saturated carbocycles. The Balaban J connectivity index is 1.43. The number of anilines is 1. The van der Waals surface area contributed by atoms with Crippen LogP contribution in [0.5, 0.6) is 0 Å². The lowest BCUT2D eigenvalue weighted by Gasteiger charge is -2.42. The SMILES string of the molecule is C[C@H]1C[C@@]2(CCN1Cc1cnn(CCS(C)(=O)=O)c1)C(=O)Nc1ccccc12. The van der Waals surface area contributed by atoms with Crippen molar-refractivity contribution in [2.24, 2.45) is 0 Å². The van der Waals surface area contributed by atoms with Gasteiger partial charge in [-0.2, -0.15) is 5.10 Å². The molecule has 2 aliphatic heterocycles. The second-order valence-electron chi connectivity index (χ2n) is 8.10. The van der Waals surface area contributed by atoms with E-state index < -0.39 is 15.3 Å². The van der Waals surface area contributed by atoms with Gasteiger partial charge in [0.1, 0.15) is 9.84 Å². The van der Waals surface area contributed by atoms with Crippen molar-refractivity contribution in [3.63, 3.8) is 0 Å². The van der Waals surface area contributed by atoms with Gasteiger partial charge in [0.05, 0.1) is 23.9 Å². The molecule has 1 spiro atoms. The van der Waals surface area contributed by atoms with Gasteiger partial charge in [0, 0.05) is 42.8 Å². The Hall–Kier alpha value is -2.19. The van der Waals surface area contributed by atoms with Crippen LogP contribution in [0.1, 0.15) is 30.9 Å². The van der Waals surface area contributed by atoms with Crippen LogP contribution in [0.15, 0.2) is 36.7 Å². The van der Waals surface area contributed by atoms with Gasteiger partial charge in [-0.15, -0.1) is 0 Å². The van der Waals surface area contributed by atoms with Crippen molar-refractivity contribution in [1.29, 1.82) is 0 Å². The van der Waals surface area contributed by atoms with Crippen LogP contribution in [-0.2, 0) is 33.1 Å². The maximum Gasteiger partial charge on any atom is 0.235 e. The fourth-order valence-electron chi connectivity index (χ4n) is 4.45. The zero-order valence-corrected chi connectivity index (χ0v) is 17.1. The number of hydrogen-bond donors (Lipinski definition) is 1. The molecule has 0 aliphatic carbocycles. The molecule has 8 heteroatoms. The lowest BCUT2D eigenvalue weighted by molar-refractivity contribution is -0.123. The molecule has 2 atom stereocenters. The lowest BCUT2D eigenvalue weighted by atomic mass is 9.71. The third-order valence-corrected chi connectivity index (χ3v) is 6.91. The van der Waals surface area contributed by atoms with E-state index in [0.29, 0.717) is 6.54 Å². The number of benzene rings is 1. The summed E-state index contributed by atoms with van der Waals surface area (Å²) < 4.78 is 24.3. The molecular formula is C20H26N4O3S. The number of piperidine rings is 1. The number of aromatic nitrogens is 2. The minimum atomic E-state index is -3.00. The Kier molecular flexibility index (Phi) is 4.79. The predicted octanol–water partition coefficient (Wildman–Crippen LogP) is 1.80. The van der Waals surface area contributed by atoms with Crippen molar-refractivity contribution in [3.8, 4) is 0 Å². The molecule has 7 nitrogen and oxygen atoms in total. The zero-order valence-electron chi connectivity index (χ0n) is 16.3. The van der Waals surface area contributed by atoms with Crippen LogP contribution in [0.25, 0.3) is 0 Å². The highest BCUT2D eigenvalue weighted by Crippen LogP contribution is 2.46. The molecule has 3 heterocycles. The Labute approximate surface area is 165 Å². The van der Waals surface area contributed by atoms with Gasteiger partial charge in [0.2, 0.25) is 5.91 Å². The van der Waals surface area contributed by atoms with E-state index in [1.807, 2.05) is 24.4 Å². The average molecular weight is 403 g/mol. The van der Waals surface area contributed by atoms with E-state index in [1.54, 1.807) is 10.9 Å². The number of hydrogen-bond acceptors (Lipinski definition) is 5. The van der Waals surface area contributed by atoms with Crippen molar-refractivity contribution >= 4 is 21.4 Å². The van der Waals surface area contributed by atoms with E-state index in [4.69, 9.17) is 0 Å². The number of sulfone groups is 1. The van der Waals surface area contributed by atoms with Gasteiger partial charge in [0.25, 0.3) is 0 Å². The highest BCUT2D eigenvalue weighted by atomic mass is 32.2. The average Bonchev–Trinajstić information content (AvgIpc) is 3.19. The van der Waals surface area contributed by atoms with Gasteiger partial charge < -0.3 is 5.32 Å². The minimum Gasteiger partial charge on any atom is -0.325 e. The molecule has 4 rings (SSSR count). The molecule has 1 aromatic heterocycles. The summed E-state index contributed by atoms with van der Waals surface area (Å²) in [5.41, 5.74) is 2.71. The first-order valence-corrected chi connectivity index (χ1v) is 11.7. The number of nitrogens with one attached hydrogen (secondary N) is 1. The van der Waals surface area contributed by atoms with Crippen molar-refractivity contribution in [1.82, 2.24) is 14.7 Å². The highest BCUT2D eigenvalue weighted by Gasteiger charge is 2.50. The minimum absolute atomic E-state index is 0.0886. The van der Waals surface area contributed by atoms with E-state index in [-0.39, 0.29) is 17.7 Å². The zero-order chi connectivity index (χ0) is 19.9. The van der Waals surface area contributed by atoms with Crippen LogP contribution >= 0.6 is 0 Å². The van der Waals surface area contributed by atoms with Crippen molar-refractivity contribution < 1.29 is 13.2 Å². The van der Waals surface area contributed by atoms with Crippen molar-refractivity contribution in [3.05, 3.63) is 47.8 Å². The largest absolute Gasteiger partial charge is 0.325 e. The van der Waals surface area contributed by atoms with Crippen LogP contribution in [0.2, 0.25) is 0 Å². The van der Waals surface area contributed by atoms with Gasteiger partial charge >= 0.3 is 0 Å². The number of amides is 1. The molecule has 2 aromatic rings. The van der Waals surface area contributed by atoms with Crippen LogP contribution in [0.3, 0.4) is 0 Å². The maximum absolute atomic E-state index is 12.8. The number of carbonyl (C=O) groups is 1. The van der Waals surface area contributed by atoms with Crippen LogP contribution < -0.4 is 5.32 Å². The Morgan fingerprint density at radius 1 is 1.32 bits per heavy atom. The number of para-hydroxylation sites is 1. The molecule has 2 aliphatic rings. The number of carbonyl (C=O) groups excluding carboxylic acids is 1. The number of nitrogens with zero attached hydrogens (tertiary/aromatic N) is 3. The topological polar surface area (TPSA) is 84.3 Å².